The second kappa shape index (κ2) is 4.70. The molecule has 78 valence electrons. The highest BCUT2D eigenvalue weighted by Gasteiger charge is 2.20. The Morgan fingerprint density at radius 3 is 2.86 bits per heavy atom. The largest absolute Gasteiger partial charge is 0.347 e. The average molecular weight is 212 g/mol. The number of nitrogens with zero attached hydrogens (tertiary/aromatic N) is 3. The number of aromatic nitrogens is 2. The molecular weight excluding hydrogens is 196 g/mol. The molecule has 0 aromatic carbocycles. The molecule has 5 heteroatoms. The summed E-state index contributed by atoms with van der Waals surface area (Å²) in [6, 6.07) is 0. The van der Waals surface area contributed by atoms with Gasteiger partial charge in [-0.05, 0) is 31.7 Å². The van der Waals surface area contributed by atoms with Gasteiger partial charge in [-0.1, -0.05) is 11.3 Å². The lowest BCUT2D eigenvalue weighted by Crippen LogP contribution is -2.34. The topological polar surface area (TPSA) is 55.0 Å². The van der Waals surface area contributed by atoms with E-state index in [0.29, 0.717) is 0 Å². The van der Waals surface area contributed by atoms with E-state index in [4.69, 9.17) is 5.73 Å². The maximum atomic E-state index is 5.55. The first-order valence-electron chi connectivity index (χ1n) is 5.11. The van der Waals surface area contributed by atoms with Gasteiger partial charge in [-0.15, -0.1) is 10.2 Å². The summed E-state index contributed by atoms with van der Waals surface area (Å²) in [6.45, 7) is 3.04. The molecule has 0 amide bonds. The zero-order valence-corrected chi connectivity index (χ0v) is 9.04. The number of rotatable bonds is 3. The number of hydrogen-bond donors (Lipinski definition) is 1. The van der Waals surface area contributed by atoms with E-state index in [1.54, 1.807) is 16.8 Å². The Hall–Kier alpha value is -0.680. The Morgan fingerprint density at radius 2 is 2.29 bits per heavy atom. The predicted octanol–water partition coefficient (Wildman–Crippen LogP) is 1.10. The van der Waals surface area contributed by atoms with E-state index in [2.05, 4.69) is 15.1 Å². The zero-order chi connectivity index (χ0) is 9.80. The van der Waals surface area contributed by atoms with Crippen LogP contribution >= 0.6 is 11.3 Å². The molecule has 1 aromatic heterocycles. The first-order chi connectivity index (χ1) is 6.90. The summed E-state index contributed by atoms with van der Waals surface area (Å²) < 4.78 is 0. The Morgan fingerprint density at radius 1 is 1.50 bits per heavy atom. The normalized spacial score (nSPS) is 18.8. The lowest BCUT2D eigenvalue weighted by molar-refractivity contribution is 0.386. The van der Waals surface area contributed by atoms with E-state index in [1.807, 2.05) is 0 Å². The minimum absolute atomic E-state index is 0.823. The second-order valence-electron chi connectivity index (χ2n) is 3.73. The van der Waals surface area contributed by atoms with Crippen molar-refractivity contribution in [2.45, 2.75) is 19.3 Å². The van der Waals surface area contributed by atoms with Crippen molar-refractivity contribution in [3.05, 3.63) is 5.51 Å². The van der Waals surface area contributed by atoms with Gasteiger partial charge >= 0.3 is 0 Å². The van der Waals surface area contributed by atoms with Crippen LogP contribution in [0.2, 0.25) is 0 Å². The summed E-state index contributed by atoms with van der Waals surface area (Å²) >= 11 is 1.62. The third kappa shape index (κ3) is 2.22. The van der Waals surface area contributed by atoms with Crippen molar-refractivity contribution in [1.29, 1.82) is 0 Å². The van der Waals surface area contributed by atoms with E-state index in [-0.39, 0.29) is 0 Å². The second-order valence-corrected chi connectivity index (χ2v) is 4.54. The first-order valence-corrected chi connectivity index (χ1v) is 5.99. The first kappa shape index (κ1) is 9.86. The number of hydrogen-bond acceptors (Lipinski definition) is 5. The molecule has 1 aliphatic rings. The molecule has 0 spiro atoms. The van der Waals surface area contributed by atoms with Gasteiger partial charge in [0.15, 0.2) is 0 Å². The molecule has 0 bridgehead atoms. The van der Waals surface area contributed by atoms with Gasteiger partial charge in [0.05, 0.1) is 0 Å². The van der Waals surface area contributed by atoms with Gasteiger partial charge in [-0.3, -0.25) is 0 Å². The molecule has 0 unspecified atom stereocenters. The smallest absolute Gasteiger partial charge is 0.208 e. The van der Waals surface area contributed by atoms with Crippen LogP contribution in [-0.2, 0) is 0 Å². The monoisotopic (exact) mass is 212 g/mol. The quantitative estimate of drug-likeness (QED) is 0.815. The van der Waals surface area contributed by atoms with E-state index in [1.165, 1.54) is 19.3 Å². The van der Waals surface area contributed by atoms with Crippen LogP contribution < -0.4 is 10.6 Å². The maximum Gasteiger partial charge on any atom is 0.208 e. The van der Waals surface area contributed by atoms with Gasteiger partial charge in [-0.25, -0.2) is 0 Å². The number of piperidine rings is 1. The predicted molar refractivity (Wildman–Crippen MR) is 58.5 cm³/mol. The number of nitrogens with two attached hydrogens (primary N) is 1. The van der Waals surface area contributed by atoms with E-state index in [0.717, 1.165) is 30.7 Å². The van der Waals surface area contributed by atoms with Crippen LogP contribution in [0.15, 0.2) is 5.51 Å². The van der Waals surface area contributed by atoms with Crippen molar-refractivity contribution in [1.82, 2.24) is 10.2 Å². The van der Waals surface area contributed by atoms with Gasteiger partial charge in [0.25, 0.3) is 0 Å². The summed E-state index contributed by atoms with van der Waals surface area (Å²) in [4.78, 5) is 2.32. The highest BCUT2D eigenvalue weighted by Crippen LogP contribution is 2.25. The SMILES string of the molecule is NCCC1CCN(c2nncs2)CC1. The minimum atomic E-state index is 0.823. The van der Waals surface area contributed by atoms with Gasteiger partial charge in [0, 0.05) is 13.1 Å². The molecule has 0 atom stereocenters. The molecule has 1 aliphatic heterocycles. The van der Waals surface area contributed by atoms with E-state index < -0.39 is 0 Å². The summed E-state index contributed by atoms with van der Waals surface area (Å²) in [7, 11) is 0. The van der Waals surface area contributed by atoms with Gasteiger partial charge in [-0.2, -0.15) is 0 Å². The number of anilines is 1. The molecular formula is C9H16N4S. The van der Waals surface area contributed by atoms with Crippen molar-refractivity contribution in [2.75, 3.05) is 24.5 Å². The molecule has 14 heavy (non-hydrogen) atoms. The van der Waals surface area contributed by atoms with Gasteiger partial charge in [0.2, 0.25) is 5.13 Å². The maximum absolute atomic E-state index is 5.55. The fraction of sp³-hybridized carbons (Fsp3) is 0.778. The summed E-state index contributed by atoms with van der Waals surface area (Å²) in [5.74, 6) is 0.823. The Kier molecular flexibility index (Phi) is 3.31. The Bertz CT molecular complexity index is 254. The average Bonchev–Trinajstić information content (AvgIpc) is 2.72. The lowest BCUT2D eigenvalue weighted by Gasteiger charge is -2.31. The van der Waals surface area contributed by atoms with Crippen molar-refractivity contribution < 1.29 is 0 Å². The van der Waals surface area contributed by atoms with Crippen LogP contribution in [0.1, 0.15) is 19.3 Å². The lowest BCUT2D eigenvalue weighted by atomic mass is 9.94. The minimum Gasteiger partial charge on any atom is -0.347 e. The van der Waals surface area contributed by atoms with Gasteiger partial charge < -0.3 is 10.6 Å². The standard InChI is InChI=1S/C9H16N4S/c10-4-1-8-2-5-13(6-3-8)9-12-11-7-14-9/h7-8H,1-6,10H2. The van der Waals surface area contributed by atoms with Crippen molar-refractivity contribution in [3.8, 4) is 0 Å². The van der Waals surface area contributed by atoms with Gasteiger partial charge in [0.1, 0.15) is 5.51 Å². The van der Waals surface area contributed by atoms with Crippen molar-refractivity contribution in [2.24, 2.45) is 11.7 Å². The van der Waals surface area contributed by atoms with Crippen molar-refractivity contribution >= 4 is 16.5 Å². The summed E-state index contributed by atoms with van der Waals surface area (Å²) in [6.07, 6.45) is 3.66. The molecule has 2 N–H and O–H groups in total. The molecule has 0 aliphatic carbocycles. The van der Waals surface area contributed by atoms with Crippen LogP contribution in [0.4, 0.5) is 5.13 Å². The molecule has 2 heterocycles. The third-order valence-corrected chi connectivity index (χ3v) is 3.56. The Labute approximate surface area is 88.1 Å². The fourth-order valence-corrected chi connectivity index (χ4v) is 2.57. The highest BCUT2D eigenvalue weighted by molar-refractivity contribution is 7.13. The van der Waals surface area contributed by atoms with E-state index in [9.17, 15) is 0 Å². The van der Waals surface area contributed by atoms with Crippen molar-refractivity contribution in [3.63, 3.8) is 0 Å². The Balaban J connectivity index is 1.84. The van der Waals surface area contributed by atoms with Crippen LogP contribution in [0.3, 0.4) is 0 Å². The third-order valence-electron chi connectivity index (χ3n) is 2.81. The molecule has 4 nitrogen and oxygen atoms in total. The van der Waals surface area contributed by atoms with Crippen LogP contribution in [-0.4, -0.2) is 29.8 Å². The molecule has 2 rings (SSSR count). The zero-order valence-electron chi connectivity index (χ0n) is 8.22. The van der Waals surface area contributed by atoms with Crippen LogP contribution in [0, 0.1) is 5.92 Å². The molecule has 0 radical (unpaired) electrons. The van der Waals surface area contributed by atoms with Crippen LogP contribution in [0.25, 0.3) is 0 Å². The van der Waals surface area contributed by atoms with E-state index >= 15 is 0 Å². The van der Waals surface area contributed by atoms with Crippen LogP contribution in [0.5, 0.6) is 0 Å². The molecule has 0 saturated carbocycles. The summed E-state index contributed by atoms with van der Waals surface area (Å²) in [5, 5.41) is 9.01. The summed E-state index contributed by atoms with van der Waals surface area (Å²) in [5.41, 5.74) is 7.35. The molecule has 1 saturated heterocycles. The molecule has 1 aromatic rings. The fourth-order valence-electron chi connectivity index (χ4n) is 1.95. The highest BCUT2D eigenvalue weighted by atomic mass is 32.1. The molecule has 1 fully saturated rings.